The number of hydrogen-bond donors (Lipinski definition) is 1. The summed E-state index contributed by atoms with van der Waals surface area (Å²) in [5.41, 5.74) is 2.44. The summed E-state index contributed by atoms with van der Waals surface area (Å²) in [5.74, 6) is -0.544. The van der Waals surface area contributed by atoms with Gasteiger partial charge in [-0.15, -0.1) is 0 Å². The van der Waals surface area contributed by atoms with Crippen LogP contribution in [0.25, 0.3) is 16.8 Å². The highest BCUT2D eigenvalue weighted by atomic mass is 35.5. The maximum atomic E-state index is 13.7. The summed E-state index contributed by atoms with van der Waals surface area (Å²) in [4.78, 5) is 40.5. The molecule has 1 aliphatic heterocycles. The van der Waals surface area contributed by atoms with Crippen molar-refractivity contribution in [3.05, 3.63) is 142 Å². The topological polar surface area (TPSA) is 84.9 Å². The Hall–Kier alpha value is -5.11. The Bertz CT molecular complexity index is 1900. The Morgan fingerprint density at radius 1 is 0.682 bits per heavy atom. The molecule has 0 unspecified atom stereocenters. The second-order valence-electron chi connectivity index (χ2n) is 9.98. The molecule has 0 bridgehead atoms. The van der Waals surface area contributed by atoms with Crippen LogP contribution in [-0.4, -0.2) is 17.8 Å². The molecule has 1 fully saturated rings. The maximum Gasteiger partial charge on any atom is 0.335 e. The van der Waals surface area contributed by atoms with Crippen molar-refractivity contribution in [1.82, 2.24) is 5.32 Å². The maximum absolute atomic E-state index is 13.7. The zero-order valence-corrected chi connectivity index (χ0v) is 24.6. The molecule has 7 nitrogen and oxygen atoms in total. The molecular formula is C35H24Cl2N2O5. The van der Waals surface area contributed by atoms with Gasteiger partial charge in [-0.3, -0.25) is 14.9 Å². The molecule has 1 heterocycles. The highest BCUT2D eigenvalue weighted by Gasteiger charge is 2.37. The Morgan fingerprint density at radius 2 is 1.30 bits per heavy atom. The Kier molecular flexibility index (Phi) is 8.32. The lowest BCUT2D eigenvalue weighted by Crippen LogP contribution is -2.54. The lowest BCUT2D eigenvalue weighted by Gasteiger charge is -2.26. The van der Waals surface area contributed by atoms with Crippen LogP contribution in [0.3, 0.4) is 0 Å². The number of benzene rings is 5. The monoisotopic (exact) mass is 622 g/mol. The molecule has 0 radical (unpaired) electrons. The number of fused-ring (bicyclic) bond motifs is 1. The van der Waals surface area contributed by atoms with E-state index < -0.39 is 17.8 Å². The molecule has 9 heteroatoms. The van der Waals surface area contributed by atoms with E-state index in [0.717, 1.165) is 26.8 Å². The summed E-state index contributed by atoms with van der Waals surface area (Å²) >= 11 is 12.0. The van der Waals surface area contributed by atoms with E-state index >= 15 is 0 Å². The van der Waals surface area contributed by atoms with Crippen LogP contribution in [0.2, 0.25) is 10.0 Å². The SMILES string of the molecule is O=C1NC(=O)N(c2ccc(OCc3ccc(Cl)cc3)cc2)C(=O)/C1=C/c1c(OCc2ccc(Cl)cc2)ccc2ccccc12. The summed E-state index contributed by atoms with van der Waals surface area (Å²) in [6.45, 7) is 0.553. The molecule has 0 atom stereocenters. The van der Waals surface area contributed by atoms with E-state index in [4.69, 9.17) is 32.7 Å². The van der Waals surface area contributed by atoms with Crippen molar-refractivity contribution in [2.45, 2.75) is 13.2 Å². The van der Waals surface area contributed by atoms with Crippen LogP contribution in [-0.2, 0) is 22.8 Å². The number of imide groups is 2. The number of carbonyl (C=O) groups is 3. The van der Waals surface area contributed by atoms with Gasteiger partial charge in [0.1, 0.15) is 30.3 Å². The van der Waals surface area contributed by atoms with E-state index in [1.54, 1.807) is 54.6 Å². The molecule has 5 aromatic rings. The molecule has 6 rings (SSSR count). The van der Waals surface area contributed by atoms with E-state index in [2.05, 4.69) is 5.32 Å². The van der Waals surface area contributed by atoms with Gasteiger partial charge in [-0.2, -0.15) is 0 Å². The van der Waals surface area contributed by atoms with Gasteiger partial charge >= 0.3 is 6.03 Å². The minimum atomic E-state index is -0.843. The molecule has 218 valence electrons. The first kappa shape index (κ1) is 29.0. The number of anilines is 1. The fourth-order valence-electron chi connectivity index (χ4n) is 4.77. The molecule has 1 aliphatic rings. The normalized spacial score (nSPS) is 14.2. The van der Waals surface area contributed by atoms with Gasteiger partial charge in [0.15, 0.2) is 0 Å². The summed E-state index contributed by atoms with van der Waals surface area (Å²) in [7, 11) is 0. The largest absolute Gasteiger partial charge is 0.489 e. The van der Waals surface area contributed by atoms with Crippen molar-refractivity contribution in [3.63, 3.8) is 0 Å². The number of hydrogen-bond acceptors (Lipinski definition) is 5. The summed E-state index contributed by atoms with van der Waals surface area (Å²) in [6, 6.07) is 31.5. The standard InChI is InChI=1S/C35H24Cl2N2O5/c36-25-10-5-22(6-11-25)20-43-28-16-14-27(15-17-28)39-34(41)31(33(40)38-35(39)42)19-30-29-4-2-1-3-24(29)9-18-32(30)44-21-23-7-12-26(37)13-8-23/h1-19H,20-21H2,(H,38,40,42)/b31-19+. The van der Waals surface area contributed by atoms with E-state index in [1.807, 2.05) is 54.6 Å². The highest BCUT2D eigenvalue weighted by Crippen LogP contribution is 2.33. The average Bonchev–Trinajstić information content (AvgIpc) is 3.03. The van der Waals surface area contributed by atoms with Crippen molar-refractivity contribution in [2.24, 2.45) is 0 Å². The molecule has 5 aromatic carbocycles. The van der Waals surface area contributed by atoms with Gasteiger partial charge in [-0.25, -0.2) is 9.69 Å². The number of rotatable bonds is 8. The Labute approximate surface area is 263 Å². The average molecular weight is 623 g/mol. The predicted molar refractivity (Wildman–Crippen MR) is 171 cm³/mol. The lowest BCUT2D eigenvalue weighted by molar-refractivity contribution is -0.122. The number of amides is 4. The summed E-state index contributed by atoms with van der Waals surface area (Å²) < 4.78 is 12.0. The number of barbiturate groups is 1. The molecule has 0 saturated carbocycles. The molecule has 4 amide bonds. The molecule has 1 N–H and O–H groups in total. The van der Waals surface area contributed by atoms with Crippen molar-refractivity contribution in [3.8, 4) is 11.5 Å². The molecule has 44 heavy (non-hydrogen) atoms. The van der Waals surface area contributed by atoms with Crippen LogP contribution in [0.15, 0.2) is 115 Å². The molecular weight excluding hydrogens is 599 g/mol. The van der Waals surface area contributed by atoms with Crippen LogP contribution in [0, 0.1) is 0 Å². The molecule has 1 saturated heterocycles. The van der Waals surface area contributed by atoms with E-state index in [9.17, 15) is 14.4 Å². The third-order valence-electron chi connectivity index (χ3n) is 7.04. The molecule has 0 spiro atoms. The number of ether oxygens (including phenoxy) is 2. The van der Waals surface area contributed by atoms with Crippen LogP contribution in [0.5, 0.6) is 11.5 Å². The van der Waals surface area contributed by atoms with Gasteiger partial charge in [0, 0.05) is 15.6 Å². The Morgan fingerprint density at radius 3 is 1.95 bits per heavy atom. The highest BCUT2D eigenvalue weighted by molar-refractivity contribution is 6.39. The van der Waals surface area contributed by atoms with Crippen molar-refractivity contribution in [2.75, 3.05) is 4.90 Å². The quantitative estimate of drug-likeness (QED) is 0.140. The second-order valence-corrected chi connectivity index (χ2v) is 10.9. The minimum Gasteiger partial charge on any atom is -0.489 e. The minimum absolute atomic E-state index is 0.208. The number of nitrogens with one attached hydrogen (secondary N) is 1. The van der Waals surface area contributed by atoms with Crippen molar-refractivity contribution >= 4 is 63.6 Å². The first-order valence-electron chi connectivity index (χ1n) is 13.6. The number of carbonyl (C=O) groups excluding carboxylic acids is 3. The fraction of sp³-hybridized carbons (Fsp3) is 0.0571. The van der Waals surface area contributed by atoms with Gasteiger partial charge in [-0.1, -0.05) is 77.8 Å². The van der Waals surface area contributed by atoms with Crippen LogP contribution >= 0.6 is 23.2 Å². The zero-order chi connectivity index (χ0) is 30.6. The first-order valence-corrected chi connectivity index (χ1v) is 14.4. The van der Waals surface area contributed by atoms with Gasteiger partial charge in [-0.05, 0) is 82.6 Å². The number of halogens is 2. The predicted octanol–water partition coefficient (Wildman–Crippen LogP) is 7.97. The van der Waals surface area contributed by atoms with E-state index in [-0.39, 0.29) is 17.9 Å². The summed E-state index contributed by atoms with van der Waals surface area (Å²) in [6.07, 6.45) is 1.47. The lowest BCUT2D eigenvalue weighted by atomic mass is 9.99. The molecule has 0 aromatic heterocycles. The second kappa shape index (κ2) is 12.6. The van der Waals surface area contributed by atoms with E-state index in [0.29, 0.717) is 33.7 Å². The van der Waals surface area contributed by atoms with Crippen molar-refractivity contribution < 1.29 is 23.9 Å². The Balaban J connectivity index is 1.28. The summed E-state index contributed by atoms with van der Waals surface area (Å²) in [5, 5.41) is 5.21. The van der Waals surface area contributed by atoms with Crippen LogP contribution in [0.1, 0.15) is 16.7 Å². The number of urea groups is 1. The van der Waals surface area contributed by atoms with Crippen LogP contribution < -0.4 is 19.7 Å². The van der Waals surface area contributed by atoms with Gasteiger partial charge in [0.2, 0.25) is 0 Å². The smallest absolute Gasteiger partial charge is 0.335 e. The van der Waals surface area contributed by atoms with Crippen LogP contribution in [0.4, 0.5) is 10.5 Å². The molecule has 0 aliphatic carbocycles. The van der Waals surface area contributed by atoms with Gasteiger partial charge < -0.3 is 9.47 Å². The fourth-order valence-corrected chi connectivity index (χ4v) is 5.02. The first-order chi connectivity index (χ1) is 21.4. The third kappa shape index (κ3) is 6.29. The van der Waals surface area contributed by atoms with Crippen molar-refractivity contribution in [1.29, 1.82) is 0 Å². The van der Waals surface area contributed by atoms with Gasteiger partial charge in [0.05, 0.1) is 5.69 Å². The van der Waals surface area contributed by atoms with Gasteiger partial charge in [0.25, 0.3) is 11.8 Å². The third-order valence-corrected chi connectivity index (χ3v) is 7.55. The van der Waals surface area contributed by atoms with E-state index in [1.165, 1.54) is 6.08 Å². The number of nitrogens with zero attached hydrogens (tertiary/aromatic N) is 1. The zero-order valence-electron chi connectivity index (χ0n) is 23.1.